The van der Waals surface area contributed by atoms with Gasteiger partial charge in [0.25, 0.3) is 5.91 Å². The maximum Gasteiger partial charge on any atom is 0.279 e. The van der Waals surface area contributed by atoms with E-state index in [1.165, 1.54) is 0 Å². The minimum atomic E-state index is -0.394. The molecule has 0 unspecified atom stereocenters. The van der Waals surface area contributed by atoms with E-state index in [1.807, 2.05) is 13.8 Å². The molecule has 0 spiro atoms. The van der Waals surface area contributed by atoms with E-state index < -0.39 is 5.91 Å². The van der Waals surface area contributed by atoms with Gasteiger partial charge < -0.3 is 9.84 Å². The molecule has 3 heterocycles. The Morgan fingerprint density at radius 3 is 2.72 bits per heavy atom. The van der Waals surface area contributed by atoms with Crippen LogP contribution in [-0.4, -0.2) is 25.8 Å². The molecule has 3 aromatic heterocycles. The summed E-state index contributed by atoms with van der Waals surface area (Å²) in [5.41, 5.74) is 2.40. The minimum Gasteiger partial charge on any atom is -0.361 e. The number of nitrogens with zero attached hydrogens (tertiary/aromatic N) is 4. The van der Waals surface area contributed by atoms with E-state index in [9.17, 15) is 4.79 Å². The second-order valence-electron chi connectivity index (χ2n) is 5.52. The molecule has 130 valence electrons. The van der Waals surface area contributed by atoms with Crippen molar-refractivity contribution in [3.05, 3.63) is 56.2 Å². The van der Waals surface area contributed by atoms with E-state index in [0.717, 1.165) is 15.9 Å². The first-order valence-corrected chi connectivity index (χ1v) is 8.61. The average Bonchev–Trinajstić information content (AvgIpc) is 3.06. The molecule has 25 heavy (non-hydrogen) atoms. The molecular weight excluding hydrogens is 410 g/mol. The summed E-state index contributed by atoms with van der Waals surface area (Å²) < 4.78 is 7.76. The number of amides is 1. The summed E-state index contributed by atoms with van der Waals surface area (Å²) in [5.74, 6) is 0.584. The molecule has 0 bridgehead atoms. The number of pyridine rings is 1. The first-order valence-electron chi connectivity index (χ1n) is 7.44. The monoisotopic (exact) mass is 423 g/mol. The standard InChI is InChI=1S/C16H15BrClN5O2/c1-8-14(18)9(2)23(21-8)7-12-10(3)25-22-15(12)16(24)20-13-5-4-11(17)6-19-13/h4-6H,7H2,1-3H3,(H,19,20,24). The number of aryl methyl sites for hydroxylation is 2. The molecule has 0 fully saturated rings. The third kappa shape index (κ3) is 3.59. The summed E-state index contributed by atoms with van der Waals surface area (Å²) in [6.07, 6.45) is 1.60. The summed E-state index contributed by atoms with van der Waals surface area (Å²) in [6, 6.07) is 3.48. The van der Waals surface area contributed by atoms with E-state index in [1.54, 1.807) is 29.9 Å². The molecule has 7 nitrogen and oxygen atoms in total. The lowest BCUT2D eigenvalue weighted by Gasteiger charge is -2.06. The van der Waals surface area contributed by atoms with Crippen molar-refractivity contribution < 1.29 is 9.32 Å². The van der Waals surface area contributed by atoms with Crippen LogP contribution in [-0.2, 0) is 6.54 Å². The highest BCUT2D eigenvalue weighted by Crippen LogP contribution is 2.22. The Bertz CT molecular complexity index is 933. The zero-order chi connectivity index (χ0) is 18.1. The molecule has 9 heteroatoms. The van der Waals surface area contributed by atoms with Gasteiger partial charge in [-0.1, -0.05) is 16.8 Å². The van der Waals surface area contributed by atoms with Crippen molar-refractivity contribution >= 4 is 39.3 Å². The molecule has 3 rings (SSSR count). The normalized spacial score (nSPS) is 10.9. The molecule has 0 radical (unpaired) electrons. The highest BCUT2D eigenvalue weighted by molar-refractivity contribution is 9.10. The van der Waals surface area contributed by atoms with Gasteiger partial charge in [-0.2, -0.15) is 5.10 Å². The number of anilines is 1. The van der Waals surface area contributed by atoms with E-state index in [4.69, 9.17) is 16.1 Å². The second kappa shape index (κ2) is 6.97. The zero-order valence-electron chi connectivity index (χ0n) is 13.8. The molecule has 1 N–H and O–H groups in total. The van der Waals surface area contributed by atoms with Gasteiger partial charge in [0.05, 0.1) is 23.0 Å². The third-order valence-electron chi connectivity index (χ3n) is 3.77. The van der Waals surface area contributed by atoms with Gasteiger partial charge >= 0.3 is 0 Å². The van der Waals surface area contributed by atoms with Crippen LogP contribution in [0, 0.1) is 20.8 Å². The summed E-state index contributed by atoms with van der Waals surface area (Å²) in [4.78, 5) is 16.7. The highest BCUT2D eigenvalue weighted by atomic mass is 79.9. The molecule has 1 amide bonds. The Balaban J connectivity index is 1.87. The van der Waals surface area contributed by atoms with Gasteiger partial charge in [0.15, 0.2) is 5.69 Å². The molecule has 0 atom stereocenters. The van der Waals surface area contributed by atoms with Crippen molar-refractivity contribution in [3.8, 4) is 0 Å². The molecule has 0 saturated heterocycles. The van der Waals surface area contributed by atoms with Gasteiger partial charge in [0, 0.05) is 16.2 Å². The molecule has 0 aliphatic carbocycles. The van der Waals surface area contributed by atoms with Crippen molar-refractivity contribution in [2.24, 2.45) is 0 Å². The van der Waals surface area contributed by atoms with Crippen LogP contribution >= 0.6 is 27.5 Å². The van der Waals surface area contributed by atoms with Gasteiger partial charge in [0.1, 0.15) is 11.6 Å². The Kier molecular flexibility index (Phi) is 4.91. The fourth-order valence-corrected chi connectivity index (χ4v) is 2.73. The van der Waals surface area contributed by atoms with Gasteiger partial charge in [-0.15, -0.1) is 0 Å². The first kappa shape index (κ1) is 17.6. The number of aromatic nitrogens is 4. The van der Waals surface area contributed by atoms with Gasteiger partial charge in [-0.3, -0.25) is 9.48 Å². The van der Waals surface area contributed by atoms with Crippen LogP contribution in [0.2, 0.25) is 5.02 Å². The summed E-state index contributed by atoms with van der Waals surface area (Å²) in [5, 5.41) is 11.6. The molecular formula is C16H15BrClN5O2. The lowest BCUT2D eigenvalue weighted by Crippen LogP contribution is -2.17. The summed E-state index contributed by atoms with van der Waals surface area (Å²) >= 11 is 9.49. The van der Waals surface area contributed by atoms with Crippen LogP contribution in [0.3, 0.4) is 0 Å². The topological polar surface area (TPSA) is 85.8 Å². The van der Waals surface area contributed by atoms with Crippen LogP contribution in [0.25, 0.3) is 0 Å². The number of hydrogen-bond acceptors (Lipinski definition) is 5. The van der Waals surface area contributed by atoms with Crippen molar-refractivity contribution in [1.29, 1.82) is 0 Å². The van der Waals surface area contributed by atoms with Crippen LogP contribution in [0.5, 0.6) is 0 Å². The number of halogens is 2. The summed E-state index contributed by atoms with van der Waals surface area (Å²) in [6.45, 7) is 5.80. The minimum absolute atomic E-state index is 0.200. The van der Waals surface area contributed by atoms with Crippen molar-refractivity contribution in [2.75, 3.05) is 5.32 Å². The van der Waals surface area contributed by atoms with Crippen molar-refractivity contribution in [2.45, 2.75) is 27.3 Å². The summed E-state index contributed by atoms with van der Waals surface area (Å²) in [7, 11) is 0. The van der Waals surface area contributed by atoms with E-state index in [-0.39, 0.29) is 5.69 Å². The maximum atomic E-state index is 12.5. The highest BCUT2D eigenvalue weighted by Gasteiger charge is 2.22. The maximum absolute atomic E-state index is 12.5. The van der Waals surface area contributed by atoms with E-state index >= 15 is 0 Å². The van der Waals surface area contributed by atoms with Crippen molar-refractivity contribution in [1.82, 2.24) is 19.9 Å². The molecule has 3 aromatic rings. The Morgan fingerprint density at radius 2 is 2.12 bits per heavy atom. The first-order chi connectivity index (χ1) is 11.9. The van der Waals surface area contributed by atoms with E-state index in [2.05, 4.69) is 36.5 Å². The fourth-order valence-electron chi connectivity index (χ4n) is 2.36. The number of carbonyl (C=O) groups is 1. The quantitative estimate of drug-likeness (QED) is 0.686. The lowest BCUT2D eigenvalue weighted by molar-refractivity contribution is 0.101. The fraction of sp³-hybridized carbons (Fsp3) is 0.250. The zero-order valence-corrected chi connectivity index (χ0v) is 16.1. The predicted octanol–water partition coefficient (Wildman–Crippen LogP) is 3.91. The molecule has 0 aromatic carbocycles. The molecule has 0 aliphatic heterocycles. The predicted molar refractivity (Wildman–Crippen MR) is 96.9 cm³/mol. The second-order valence-corrected chi connectivity index (χ2v) is 6.82. The smallest absolute Gasteiger partial charge is 0.279 e. The Morgan fingerprint density at radius 1 is 1.36 bits per heavy atom. The Hall–Kier alpha value is -2.19. The van der Waals surface area contributed by atoms with Gasteiger partial charge in [-0.25, -0.2) is 4.98 Å². The van der Waals surface area contributed by atoms with Gasteiger partial charge in [0.2, 0.25) is 0 Å². The number of nitrogens with one attached hydrogen (secondary N) is 1. The largest absolute Gasteiger partial charge is 0.361 e. The average molecular weight is 425 g/mol. The number of rotatable bonds is 4. The Labute approximate surface area is 157 Å². The van der Waals surface area contributed by atoms with Crippen LogP contribution in [0.1, 0.15) is 33.2 Å². The molecule has 0 saturated carbocycles. The molecule has 0 aliphatic rings. The van der Waals surface area contributed by atoms with E-state index in [0.29, 0.717) is 28.7 Å². The third-order valence-corrected chi connectivity index (χ3v) is 4.79. The van der Waals surface area contributed by atoms with Gasteiger partial charge in [-0.05, 0) is 48.8 Å². The van der Waals surface area contributed by atoms with Crippen LogP contribution in [0.15, 0.2) is 27.3 Å². The number of carbonyl (C=O) groups excluding carboxylic acids is 1. The number of hydrogen-bond donors (Lipinski definition) is 1. The van der Waals surface area contributed by atoms with Crippen LogP contribution in [0.4, 0.5) is 5.82 Å². The van der Waals surface area contributed by atoms with Crippen LogP contribution < -0.4 is 5.32 Å². The SMILES string of the molecule is Cc1nn(Cc2c(C(=O)Nc3ccc(Br)cn3)noc2C)c(C)c1Cl. The lowest BCUT2D eigenvalue weighted by atomic mass is 10.2. The van der Waals surface area contributed by atoms with Crippen molar-refractivity contribution in [3.63, 3.8) is 0 Å².